The summed E-state index contributed by atoms with van der Waals surface area (Å²) in [5.74, 6) is 0.877. The van der Waals surface area contributed by atoms with E-state index in [0.717, 1.165) is 56.1 Å². The minimum absolute atomic E-state index is 0.0386. The summed E-state index contributed by atoms with van der Waals surface area (Å²) in [6.45, 7) is 13.0. The molecule has 5 heterocycles. The van der Waals surface area contributed by atoms with Gasteiger partial charge in [0.2, 0.25) is 0 Å². The first kappa shape index (κ1) is 24.8. The number of carbonyl (C=O) groups excluding carboxylic acids is 2. The first-order valence-electron chi connectivity index (χ1n) is 13.0. The number of aryl methyl sites for hydroxylation is 2. The molecule has 0 radical (unpaired) electrons. The first-order chi connectivity index (χ1) is 17.2. The molecule has 0 aromatic carbocycles. The molecule has 2 N–H and O–H groups in total. The Morgan fingerprint density at radius 2 is 1.89 bits per heavy atom. The molecule has 0 spiro atoms. The molecule has 196 valence electrons. The van der Waals surface area contributed by atoms with E-state index in [4.69, 9.17) is 4.74 Å². The highest BCUT2D eigenvalue weighted by Crippen LogP contribution is 2.37. The highest BCUT2D eigenvalue weighted by atomic mass is 16.5. The number of nitrogens with one attached hydrogen (secondary N) is 2. The number of urea groups is 1. The number of aromatic amines is 1. The van der Waals surface area contributed by atoms with Crippen LogP contribution in [0.25, 0.3) is 0 Å². The lowest BCUT2D eigenvalue weighted by Gasteiger charge is -2.46. The zero-order valence-electron chi connectivity index (χ0n) is 22.0. The van der Waals surface area contributed by atoms with Crippen molar-refractivity contribution < 1.29 is 14.3 Å². The van der Waals surface area contributed by atoms with Crippen LogP contribution in [-0.4, -0.2) is 91.5 Å². The summed E-state index contributed by atoms with van der Waals surface area (Å²) in [7, 11) is 1.74. The number of hydrogen-bond acceptors (Lipinski definition) is 6. The van der Waals surface area contributed by atoms with Crippen LogP contribution in [0.3, 0.4) is 0 Å². The van der Waals surface area contributed by atoms with Gasteiger partial charge in [0.05, 0.1) is 24.0 Å². The van der Waals surface area contributed by atoms with Gasteiger partial charge in [0.25, 0.3) is 5.91 Å². The summed E-state index contributed by atoms with van der Waals surface area (Å²) in [5, 5.41) is 14.5. The normalized spacial score (nSPS) is 25.3. The molecule has 3 aliphatic rings. The van der Waals surface area contributed by atoms with E-state index < -0.39 is 0 Å². The molecule has 11 nitrogen and oxygen atoms in total. The van der Waals surface area contributed by atoms with Crippen LogP contribution in [0.5, 0.6) is 0 Å². The van der Waals surface area contributed by atoms with Crippen molar-refractivity contribution in [3.05, 3.63) is 28.7 Å². The molecule has 3 aliphatic heterocycles. The van der Waals surface area contributed by atoms with E-state index in [1.807, 2.05) is 23.6 Å². The van der Waals surface area contributed by atoms with Crippen molar-refractivity contribution in [1.29, 1.82) is 0 Å². The van der Waals surface area contributed by atoms with Crippen LogP contribution < -0.4 is 5.32 Å². The van der Waals surface area contributed by atoms with Gasteiger partial charge >= 0.3 is 6.03 Å². The van der Waals surface area contributed by atoms with Crippen LogP contribution in [0.2, 0.25) is 0 Å². The quantitative estimate of drug-likeness (QED) is 0.670. The molecular formula is C25H38N8O3. The van der Waals surface area contributed by atoms with Crippen LogP contribution in [0.15, 0.2) is 6.07 Å². The van der Waals surface area contributed by atoms with E-state index in [1.54, 1.807) is 17.8 Å². The monoisotopic (exact) mass is 498 g/mol. The number of ether oxygens (including phenoxy) is 1. The third-order valence-electron chi connectivity index (χ3n) is 8.02. The van der Waals surface area contributed by atoms with Gasteiger partial charge in [-0.1, -0.05) is 0 Å². The topological polar surface area (TPSA) is 112 Å². The van der Waals surface area contributed by atoms with Crippen molar-refractivity contribution in [3.63, 3.8) is 0 Å². The Balaban J connectivity index is 1.24. The maximum absolute atomic E-state index is 13.7. The Morgan fingerprint density at radius 1 is 1.14 bits per heavy atom. The van der Waals surface area contributed by atoms with Crippen molar-refractivity contribution in [2.45, 2.75) is 65.2 Å². The van der Waals surface area contributed by atoms with Gasteiger partial charge in [-0.15, -0.1) is 0 Å². The zero-order chi connectivity index (χ0) is 25.6. The van der Waals surface area contributed by atoms with Crippen LogP contribution in [0.1, 0.15) is 67.1 Å². The average Bonchev–Trinajstić information content (AvgIpc) is 3.50. The predicted molar refractivity (Wildman–Crippen MR) is 135 cm³/mol. The van der Waals surface area contributed by atoms with Crippen LogP contribution in [0, 0.1) is 12.8 Å². The lowest BCUT2D eigenvalue weighted by atomic mass is 9.97. The zero-order valence-corrected chi connectivity index (χ0v) is 22.0. The van der Waals surface area contributed by atoms with Crippen molar-refractivity contribution in [3.8, 4) is 0 Å². The number of hydrogen-bond donors (Lipinski definition) is 2. The van der Waals surface area contributed by atoms with Crippen LogP contribution in [0.4, 0.5) is 10.6 Å². The van der Waals surface area contributed by atoms with Gasteiger partial charge < -0.3 is 19.9 Å². The van der Waals surface area contributed by atoms with Crippen molar-refractivity contribution >= 4 is 17.8 Å². The maximum atomic E-state index is 13.7. The second kappa shape index (κ2) is 9.85. The van der Waals surface area contributed by atoms with E-state index in [2.05, 4.69) is 39.4 Å². The largest absolute Gasteiger partial charge is 0.381 e. The molecule has 2 aromatic rings. The number of H-pyrrole nitrogens is 1. The summed E-state index contributed by atoms with van der Waals surface area (Å²) in [6.07, 6.45) is 2.24. The van der Waals surface area contributed by atoms with Gasteiger partial charge in [-0.2, -0.15) is 10.2 Å². The van der Waals surface area contributed by atoms with Crippen molar-refractivity contribution in [1.82, 2.24) is 34.7 Å². The second-order valence-electron chi connectivity index (χ2n) is 10.7. The molecule has 3 atom stereocenters. The summed E-state index contributed by atoms with van der Waals surface area (Å²) < 4.78 is 7.08. The molecule has 2 saturated heterocycles. The van der Waals surface area contributed by atoms with Crippen molar-refractivity contribution in [2.75, 3.05) is 38.2 Å². The SMILES string of the molecule is Cc1cc(C(=O)Nc2n[nH]c3c2CN(C(=O)N2C[C@@H](C)N(CC4CCOCC4)C[C@@H]2C)C3C)n(C)n1. The van der Waals surface area contributed by atoms with Crippen LogP contribution in [-0.2, 0) is 18.3 Å². The van der Waals surface area contributed by atoms with Gasteiger partial charge in [-0.3, -0.25) is 19.5 Å². The molecule has 1 unspecified atom stereocenters. The molecule has 2 aromatic heterocycles. The number of carbonyl (C=O) groups is 2. The summed E-state index contributed by atoms with van der Waals surface area (Å²) in [5.41, 5.74) is 2.97. The van der Waals surface area contributed by atoms with Gasteiger partial charge in [0.1, 0.15) is 5.69 Å². The highest BCUT2D eigenvalue weighted by Gasteiger charge is 2.41. The predicted octanol–water partition coefficient (Wildman–Crippen LogP) is 2.52. The Hall–Kier alpha value is -2.92. The Labute approximate surface area is 212 Å². The first-order valence-corrected chi connectivity index (χ1v) is 13.0. The minimum Gasteiger partial charge on any atom is -0.381 e. The van der Waals surface area contributed by atoms with E-state index in [1.165, 1.54) is 0 Å². The third-order valence-corrected chi connectivity index (χ3v) is 8.02. The fourth-order valence-electron chi connectivity index (χ4n) is 5.82. The maximum Gasteiger partial charge on any atom is 0.321 e. The fourth-order valence-corrected chi connectivity index (χ4v) is 5.82. The minimum atomic E-state index is -0.270. The number of piperazine rings is 1. The Kier molecular flexibility index (Phi) is 6.78. The number of nitrogens with zero attached hydrogens (tertiary/aromatic N) is 6. The molecule has 0 aliphatic carbocycles. The molecular weight excluding hydrogens is 460 g/mol. The molecule has 2 fully saturated rings. The Bertz CT molecular complexity index is 1120. The standard InChI is InChI=1S/C25H38N8O3/c1-15-10-21(30(5)29-15)24(34)26-23-20-14-33(18(4)22(20)27-28-23)25(35)32-12-16(2)31(11-17(32)3)13-19-6-8-36-9-7-19/h10,16-19H,6-9,11-14H2,1-5H3,(H2,26,27,28,34)/t16-,17+,18?/m1/s1. The molecule has 5 rings (SSSR count). The molecule has 36 heavy (non-hydrogen) atoms. The summed E-state index contributed by atoms with van der Waals surface area (Å²) in [4.78, 5) is 33.0. The molecule has 0 saturated carbocycles. The van der Waals surface area contributed by atoms with E-state index in [0.29, 0.717) is 36.6 Å². The molecule has 11 heteroatoms. The van der Waals surface area contributed by atoms with Gasteiger partial charge in [-0.05, 0) is 52.5 Å². The smallest absolute Gasteiger partial charge is 0.321 e. The third kappa shape index (κ3) is 4.61. The van der Waals surface area contributed by atoms with E-state index >= 15 is 0 Å². The summed E-state index contributed by atoms with van der Waals surface area (Å²) in [6, 6.07) is 2.07. The van der Waals surface area contributed by atoms with Crippen LogP contribution >= 0.6 is 0 Å². The molecule has 0 bridgehead atoms. The van der Waals surface area contributed by atoms with E-state index in [-0.39, 0.29) is 24.0 Å². The van der Waals surface area contributed by atoms with Gasteiger partial charge in [-0.25, -0.2) is 4.79 Å². The summed E-state index contributed by atoms with van der Waals surface area (Å²) >= 11 is 0. The second-order valence-corrected chi connectivity index (χ2v) is 10.7. The number of aromatic nitrogens is 4. The lowest BCUT2D eigenvalue weighted by molar-refractivity contribution is 0.0127. The average molecular weight is 499 g/mol. The fraction of sp³-hybridized carbons (Fsp3) is 0.680. The highest BCUT2D eigenvalue weighted by molar-refractivity contribution is 6.03. The number of amides is 3. The number of fused-ring (bicyclic) bond motifs is 1. The molecule has 3 amide bonds. The Morgan fingerprint density at radius 3 is 2.58 bits per heavy atom. The van der Waals surface area contributed by atoms with E-state index in [9.17, 15) is 9.59 Å². The number of rotatable bonds is 4. The van der Waals surface area contributed by atoms with Crippen molar-refractivity contribution in [2.24, 2.45) is 13.0 Å². The lowest BCUT2D eigenvalue weighted by Crippen LogP contribution is -2.60. The van der Waals surface area contributed by atoms with Gasteiger partial charge in [0.15, 0.2) is 5.82 Å². The van der Waals surface area contributed by atoms with Gasteiger partial charge in [0, 0.05) is 57.5 Å². The number of anilines is 1.